The van der Waals surface area contributed by atoms with Crippen LogP contribution in [0.2, 0.25) is 0 Å². The van der Waals surface area contributed by atoms with E-state index in [1.54, 1.807) is 0 Å². The first-order chi connectivity index (χ1) is 13.7. The Kier molecular flexibility index (Phi) is 6.96. The average molecular weight is 381 g/mol. The van der Waals surface area contributed by atoms with E-state index in [0.717, 1.165) is 35.4 Å². The van der Waals surface area contributed by atoms with E-state index in [-0.39, 0.29) is 18.1 Å². The van der Waals surface area contributed by atoms with Crippen LogP contribution < -0.4 is 10.1 Å². The highest BCUT2D eigenvalue weighted by atomic mass is 16.5. The second-order valence-corrected chi connectivity index (χ2v) is 7.51. The Hall–Kier alpha value is -2.49. The van der Waals surface area contributed by atoms with Crippen molar-refractivity contribution in [2.45, 2.75) is 65.1 Å². The standard InChI is InChI=1S/C24H32N2O2/c1-4-6-7-12-17-28-22-16-11-9-14-20(22)23-25-21-15-10-8-13-19(21)24(27)26(23)18(3)5-2/h8-11,13-16,18,23,25H,4-7,12,17H2,1-3H3. The molecular weight excluding hydrogens is 348 g/mol. The third-order valence-electron chi connectivity index (χ3n) is 5.50. The van der Waals surface area contributed by atoms with E-state index in [4.69, 9.17) is 4.74 Å². The normalized spacial score (nSPS) is 17.0. The molecule has 0 bridgehead atoms. The molecule has 0 saturated carbocycles. The molecule has 1 aliphatic rings. The molecule has 2 aromatic carbocycles. The summed E-state index contributed by atoms with van der Waals surface area (Å²) in [6.45, 7) is 7.14. The molecule has 1 amide bonds. The molecule has 0 radical (unpaired) electrons. The summed E-state index contributed by atoms with van der Waals surface area (Å²) in [7, 11) is 0. The first-order valence-electron chi connectivity index (χ1n) is 10.6. The second-order valence-electron chi connectivity index (χ2n) is 7.51. The maximum Gasteiger partial charge on any atom is 0.258 e. The number of unbranched alkanes of at least 4 members (excludes halogenated alkanes) is 3. The lowest BCUT2D eigenvalue weighted by Crippen LogP contribution is -2.47. The fourth-order valence-electron chi connectivity index (χ4n) is 3.70. The summed E-state index contributed by atoms with van der Waals surface area (Å²) in [5, 5.41) is 3.59. The summed E-state index contributed by atoms with van der Waals surface area (Å²) >= 11 is 0. The van der Waals surface area contributed by atoms with Gasteiger partial charge in [0.1, 0.15) is 11.9 Å². The molecule has 2 unspecified atom stereocenters. The van der Waals surface area contributed by atoms with Crippen LogP contribution in [0.5, 0.6) is 5.75 Å². The van der Waals surface area contributed by atoms with Crippen LogP contribution in [0.3, 0.4) is 0 Å². The Balaban J connectivity index is 1.89. The molecule has 1 heterocycles. The third-order valence-corrected chi connectivity index (χ3v) is 5.50. The minimum absolute atomic E-state index is 0.0754. The number of ether oxygens (including phenoxy) is 1. The van der Waals surface area contributed by atoms with Gasteiger partial charge in [-0.1, -0.05) is 63.4 Å². The van der Waals surface area contributed by atoms with Gasteiger partial charge >= 0.3 is 0 Å². The number of carbonyl (C=O) groups is 1. The molecule has 0 saturated heterocycles. The lowest BCUT2D eigenvalue weighted by molar-refractivity contribution is 0.0590. The molecule has 150 valence electrons. The van der Waals surface area contributed by atoms with E-state index in [1.165, 1.54) is 19.3 Å². The van der Waals surface area contributed by atoms with Crippen molar-refractivity contribution < 1.29 is 9.53 Å². The first-order valence-corrected chi connectivity index (χ1v) is 10.6. The molecule has 0 spiro atoms. The van der Waals surface area contributed by atoms with E-state index in [9.17, 15) is 4.79 Å². The Morgan fingerprint density at radius 3 is 2.57 bits per heavy atom. The SMILES string of the molecule is CCCCCCOc1ccccc1C1Nc2ccccc2C(=O)N1C(C)CC. The van der Waals surface area contributed by atoms with Crippen LogP contribution in [-0.4, -0.2) is 23.5 Å². The fraction of sp³-hybridized carbons (Fsp3) is 0.458. The van der Waals surface area contributed by atoms with E-state index in [1.807, 2.05) is 47.4 Å². The van der Waals surface area contributed by atoms with E-state index >= 15 is 0 Å². The Morgan fingerprint density at radius 1 is 1.04 bits per heavy atom. The van der Waals surface area contributed by atoms with Gasteiger partial charge in [0.15, 0.2) is 0 Å². The van der Waals surface area contributed by atoms with Gasteiger partial charge in [0.05, 0.1) is 12.2 Å². The number of fused-ring (bicyclic) bond motifs is 1. The number of hydrogen-bond acceptors (Lipinski definition) is 3. The highest BCUT2D eigenvalue weighted by Crippen LogP contribution is 2.38. The number of hydrogen-bond donors (Lipinski definition) is 1. The Morgan fingerprint density at radius 2 is 1.79 bits per heavy atom. The van der Waals surface area contributed by atoms with Crippen LogP contribution in [0.4, 0.5) is 5.69 Å². The molecule has 0 aliphatic carbocycles. The number of nitrogens with zero attached hydrogens (tertiary/aromatic N) is 1. The zero-order chi connectivity index (χ0) is 19.9. The molecule has 28 heavy (non-hydrogen) atoms. The Labute approximate surface area is 168 Å². The van der Waals surface area contributed by atoms with Crippen LogP contribution in [0.1, 0.15) is 75.0 Å². The van der Waals surface area contributed by atoms with Gasteiger partial charge in [-0.3, -0.25) is 4.79 Å². The van der Waals surface area contributed by atoms with Crippen molar-refractivity contribution in [3.63, 3.8) is 0 Å². The van der Waals surface area contributed by atoms with Crippen molar-refractivity contribution in [1.82, 2.24) is 4.90 Å². The highest BCUT2D eigenvalue weighted by molar-refractivity contribution is 6.02. The molecule has 0 aromatic heterocycles. The summed E-state index contributed by atoms with van der Waals surface area (Å²) < 4.78 is 6.14. The van der Waals surface area contributed by atoms with Gasteiger partial charge in [-0.25, -0.2) is 0 Å². The summed E-state index contributed by atoms with van der Waals surface area (Å²) in [6, 6.07) is 16.0. The minimum atomic E-state index is -0.232. The number of amides is 1. The number of nitrogens with one attached hydrogen (secondary N) is 1. The second kappa shape index (κ2) is 9.63. The molecule has 1 aliphatic heterocycles. The van der Waals surface area contributed by atoms with Crippen LogP contribution in [-0.2, 0) is 0 Å². The lowest BCUT2D eigenvalue weighted by atomic mass is 10.00. The van der Waals surface area contributed by atoms with E-state index in [2.05, 4.69) is 32.2 Å². The van der Waals surface area contributed by atoms with E-state index in [0.29, 0.717) is 6.61 Å². The zero-order valence-corrected chi connectivity index (χ0v) is 17.3. The van der Waals surface area contributed by atoms with Crippen molar-refractivity contribution in [3.05, 3.63) is 59.7 Å². The number of rotatable bonds is 9. The molecular formula is C24H32N2O2. The maximum absolute atomic E-state index is 13.3. The molecule has 1 N–H and O–H groups in total. The van der Waals surface area contributed by atoms with Gasteiger partial charge in [-0.15, -0.1) is 0 Å². The van der Waals surface area contributed by atoms with Crippen molar-refractivity contribution in [2.24, 2.45) is 0 Å². The number of anilines is 1. The number of para-hydroxylation sites is 2. The highest BCUT2D eigenvalue weighted by Gasteiger charge is 2.36. The van der Waals surface area contributed by atoms with Crippen LogP contribution >= 0.6 is 0 Å². The van der Waals surface area contributed by atoms with Crippen LogP contribution in [0.25, 0.3) is 0 Å². The van der Waals surface area contributed by atoms with Crippen molar-refractivity contribution >= 4 is 11.6 Å². The van der Waals surface area contributed by atoms with Gasteiger partial charge in [-0.2, -0.15) is 0 Å². The first kappa shape index (κ1) is 20.2. The van der Waals surface area contributed by atoms with Crippen molar-refractivity contribution in [3.8, 4) is 5.75 Å². The van der Waals surface area contributed by atoms with Gasteiger partial charge in [0.2, 0.25) is 0 Å². The summed E-state index contributed by atoms with van der Waals surface area (Å²) in [6.07, 6.45) is 5.36. The van der Waals surface area contributed by atoms with Crippen molar-refractivity contribution in [1.29, 1.82) is 0 Å². The number of carbonyl (C=O) groups excluding carboxylic acids is 1. The third kappa shape index (κ3) is 4.32. The monoisotopic (exact) mass is 380 g/mol. The topological polar surface area (TPSA) is 41.6 Å². The fourth-order valence-corrected chi connectivity index (χ4v) is 3.70. The molecule has 2 atom stereocenters. The predicted octanol–water partition coefficient (Wildman–Crippen LogP) is 6.01. The predicted molar refractivity (Wildman–Crippen MR) is 115 cm³/mol. The molecule has 2 aromatic rings. The molecule has 4 heteroatoms. The average Bonchev–Trinajstić information content (AvgIpc) is 2.73. The van der Waals surface area contributed by atoms with Gasteiger partial charge in [-0.05, 0) is 38.0 Å². The summed E-state index contributed by atoms with van der Waals surface area (Å²) in [5.74, 6) is 0.934. The number of benzene rings is 2. The van der Waals surface area contributed by atoms with Crippen LogP contribution in [0, 0.1) is 0 Å². The lowest BCUT2D eigenvalue weighted by Gasteiger charge is -2.42. The Bertz CT molecular complexity index is 790. The maximum atomic E-state index is 13.3. The quantitative estimate of drug-likeness (QED) is 0.542. The van der Waals surface area contributed by atoms with Gasteiger partial charge < -0.3 is 15.0 Å². The minimum Gasteiger partial charge on any atom is -0.493 e. The van der Waals surface area contributed by atoms with Gasteiger partial charge in [0.25, 0.3) is 5.91 Å². The summed E-state index contributed by atoms with van der Waals surface area (Å²) in [4.78, 5) is 15.2. The molecule has 4 nitrogen and oxygen atoms in total. The largest absolute Gasteiger partial charge is 0.493 e. The smallest absolute Gasteiger partial charge is 0.258 e. The van der Waals surface area contributed by atoms with Crippen molar-refractivity contribution in [2.75, 3.05) is 11.9 Å². The molecule has 3 rings (SSSR count). The van der Waals surface area contributed by atoms with Gasteiger partial charge in [0, 0.05) is 17.3 Å². The van der Waals surface area contributed by atoms with E-state index < -0.39 is 0 Å². The van der Waals surface area contributed by atoms with Crippen LogP contribution in [0.15, 0.2) is 48.5 Å². The summed E-state index contributed by atoms with van der Waals surface area (Å²) in [5.41, 5.74) is 2.63. The molecule has 0 fully saturated rings. The zero-order valence-electron chi connectivity index (χ0n) is 17.3.